The maximum Gasteiger partial charge on any atom is 0.281 e. The highest BCUT2D eigenvalue weighted by atomic mass is 35.5. The summed E-state index contributed by atoms with van der Waals surface area (Å²) in [5, 5.41) is 11.3. The van der Waals surface area contributed by atoms with Gasteiger partial charge in [0.1, 0.15) is 5.82 Å². The lowest BCUT2D eigenvalue weighted by atomic mass is 9.97. The van der Waals surface area contributed by atoms with Crippen molar-refractivity contribution in [2.45, 2.75) is 37.1 Å². The van der Waals surface area contributed by atoms with Crippen molar-refractivity contribution in [2.24, 2.45) is 0 Å². The largest absolute Gasteiger partial charge is 0.326 e. The number of aromatic nitrogens is 5. The molecule has 13 heteroatoms. The van der Waals surface area contributed by atoms with E-state index in [0.29, 0.717) is 41.6 Å². The number of fused-ring (bicyclic) bond motifs is 1. The van der Waals surface area contributed by atoms with Gasteiger partial charge >= 0.3 is 0 Å². The molecule has 2 N–H and O–H groups in total. The van der Waals surface area contributed by atoms with Crippen LogP contribution >= 0.6 is 11.6 Å². The molecule has 0 unspecified atom stereocenters. The second-order valence-electron chi connectivity index (χ2n) is 8.88. The Morgan fingerprint density at radius 3 is 2.57 bits per heavy atom. The van der Waals surface area contributed by atoms with Gasteiger partial charge < -0.3 is 10.3 Å². The zero-order valence-electron chi connectivity index (χ0n) is 19.9. The average Bonchev–Trinajstić information content (AvgIpc) is 3.27. The van der Waals surface area contributed by atoms with Crippen molar-refractivity contribution in [3.63, 3.8) is 0 Å². The molecule has 0 radical (unpaired) electrons. The van der Waals surface area contributed by atoms with Crippen LogP contribution in [0.1, 0.15) is 37.1 Å². The van der Waals surface area contributed by atoms with Crippen LogP contribution in [0.3, 0.4) is 0 Å². The minimum Gasteiger partial charge on any atom is -0.326 e. The fourth-order valence-electron chi connectivity index (χ4n) is 4.42. The van der Waals surface area contributed by atoms with Gasteiger partial charge in [0, 0.05) is 36.6 Å². The Balaban J connectivity index is 1.32. The van der Waals surface area contributed by atoms with E-state index < -0.39 is 10.0 Å². The number of H-pyrrole nitrogens is 1. The zero-order chi connectivity index (χ0) is 26.2. The Morgan fingerprint density at radius 1 is 1.16 bits per heavy atom. The van der Waals surface area contributed by atoms with E-state index in [-0.39, 0.29) is 40.9 Å². The summed E-state index contributed by atoms with van der Waals surface area (Å²) in [7, 11) is -3.70. The number of sulfonamides is 1. The van der Waals surface area contributed by atoms with Crippen molar-refractivity contribution >= 4 is 44.4 Å². The molecule has 1 fully saturated rings. The van der Waals surface area contributed by atoms with Gasteiger partial charge in [-0.15, -0.1) is 5.10 Å². The lowest BCUT2D eigenvalue weighted by Crippen LogP contribution is -2.38. The maximum absolute atomic E-state index is 13.1. The van der Waals surface area contributed by atoms with Crippen molar-refractivity contribution in [1.82, 2.24) is 29.3 Å². The van der Waals surface area contributed by atoms with E-state index in [1.165, 1.54) is 23.4 Å². The van der Waals surface area contributed by atoms with Crippen LogP contribution in [-0.4, -0.2) is 56.7 Å². The van der Waals surface area contributed by atoms with Crippen LogP contribution in [-0.2, 0) is 21.4 Å². The molecule has 0 saturated carbocycles. The van der Waals surface area contributed by atoms with Gasteiger partial charge in [-0.3, -0.25) is 9.59 Å². The Kier molecular flexibility index (Phi) is 6.80. The van der Waals surface area contributed by atoms with Crippen LogP contribution in [0.25, 0.3) is 11.2 Å². The minimum absolute atomic E-state index is 0.125. The molecule has 2 aromatic heterocycles. The average molecular weight is 542 g/mol. The van der Waals surface area contributed by atoms with Gasteiger partial charge in [0.05, 0.1) is 11.4 Å². The van der Waals surface area contributed by atoms with E-state index in [4.69, 9.17) is 11.6 Å². The van der Waals surface area contributed by atoms with Gasteiger partial charge in [-0.05, 0) is 54.8 Å². The summed E-state index contributed by atoms with van der Waals surface area (Å²) in [6, 6.07) is 13.4. The summed E-state index contributed by atoms with van der Waals surface area (Å²) in [6.07, 6.45) is 0.987. The van der Waals surface area contributed by atoms with E-state index in [1.807, 2.05) is 18.2 Å². The number of rotatable bonds is 6. The normalized spacial score (nSPS) is 15.2. The third-order valence-electron chi connectivity index (χ3n) is 6.27. The molecule has 3 heterocycles. The lowest BCUT2D eigenvalue weighted by Gasteiger charge is -2.30. The quantitative estimate of drug-likeness (QED) is 0.382. The highest BCUT2D eigenvalue weighted by Gasteiger charge is 2.31. The number of benzene rings is 2. The fraction of sp³-hybridized carbons (Fsp3) is 0.292. The Bertz CT molecular complexity index is 1630. The van der Waals surface area contributed by atoms with Crippen LogP contribution in [0.4, 0.5) is 5.69 Å². The number of nitrogens with one attached hydrogen (secondary N) is 2. The van der Waals surface area contributed by atoms with Crippen molar-refractivity contribution in [3.8, 4) is 0 Å². The standard InChI is InChI=1S/C24H24ClN7O4S/c1-15(33)26-19-5-7-20(8-6-19)37(35,36)31-11-9-17(10-12-31)22-27-23-21(24(34)28-22)29-30-32(23)14-16-3-2-4-18(25)13-16/h2-8,13,17H,9-12,14H2,1H3,(H,26,33)(H,27,28,34). The van der Waals surface area contributed by atoms with Crippen LogP contribution in [0.15, 0.2) is 58.2 Å². The van der Waals surface area contributed by atoms with Crippen molar-refractivity contribution in [2.75, 3.05) is 18.4 Å². The van der Waals surface area contributed by atoms with Gasteiger partial charge in [-0.25, -0.2) is 18.1 Å². The maximum atomic E-state index is 13.1. The molecule has 0 spiro atoms. The first kappa shape index (κ1) is 25.1. The van der Waals surface area contributed by atoms with Crippen molar-refractivity contribution < 1.29 is 13.2 Å². The third-order valence-corrected chi connectivity index (χ3v) is 8.41. The number of nitrogens with zero attached hydrogens (tertiary/aromatic N) is 5. The number of halogens is 1. The highest BCUT2D eigenvalue weighted by molar-refractivity contribution is 7.89. The molecule has 2 aromatic carbocycles. The molecule has 37 heavy (non-hydrogen) atoms. The van der Waals surface area contributed by atoms with Crippen LogP contribution in [0.5, 0.6) is 0 Å². The first-order valence-electron chi connectivity index (χ1n) is 11.7. The van der Waals surface area contributed by atoms with Crippen LogP contribution in [0.2, 0.25) is 5.02 Å². The summed E-state index contributed by atoms with van der Waals surface area (Å²) in [5.74, 6) is 0.134. The summed E-state index contributed by atoms with van der Waals surface area (Å²) < 4.78 is 29.3. The first-order valence-corrected chi connectivity index (χ1v) is 13.5. The van der Waals surface area contributed by atoms with Gasteiger partial charge in [0.25, 0.3) is 5.56 Å². The molecule has 11 nitrogen and oxygen atoms in total. The lowest BCUT2D eigenvalue weighted by molar-refractivity contribution is -0.114. The Labute approximate surface area is 217 Å². The summed E-state index contributed by atoms with van der Waals surface area (Å²) >= 11 is 6.09. The molecule has 0 bridgehead atoms. The molecule has 0 aliphatic carbocycles. The Hall–Kier alpha value is -3.61. The summed E-state index contributed by atoms with van der Waals surface area (Å²) in [6.45, 7) is 2.30. The van der Waals surface area contributed by atoms with Gasteiger partial charge in [-0.2, -0.15) is 4.31 Å². The number of hydrogen-bond donors (Lipinski definition) is 2. The van der Waals surface area contributed by atoms with E-state index in [0.717, 1.165) is 5.56 Å². The van der Waals surface area contributed by atoms with E-state index in [9.17, 15) is 18.0 Å². The van der Waals surface area contributed by atoms with Crippen LogP contribution < -0.4 is 10.9 Å². The number of piperidine rings is 1. The predicted molar refractivity (Wildman–Crippen MR) is 138 cm³/mol. The minimum atomic E-state index is -3.70. The fourth-order valence-corrected chi connectivity index (χ4v) is 6.11. The second kappa shape index (κ2) is 10.0. The number of aromatic amines is 1. The third kappa shape index (κ3) is 5.26. The number of anilines is 1. The smallest absolute Gasteiger partial charge is 0.281 e. The number of carbonyl (C=O) groups is 1. The molecule has 1 aliphatic rings. The Morgan fingerprint density at radius 2 is 1.89 bits per heavy atom. The number of hydrogen-bond acceptors (Lipinski definition) is 7. The van der Waals surface area contributed by atoms with Gasteiger partial charge in [0.2, 0.25) is 15.9 Å². The molecule has 192 valence electrons. The molecule has 5 rings (SSSR count). The SMILES string of the molecule is CC(=O)Nc1ccc(S(=O)(=O)N2CCC(c3nc4c(nnn4Cc4cccc(Cl)c4)c(=O)[nH]3)CC2)cc1. The monoisotopic (exact) mass is 541 g/mol. The van der Waals surface area contributed by atoms with E-state index >= 15 is 0 Å². The zero-order valence-corrected chi connectivity index (χ0v) is 21.5. The molecule has 1 amide bonds. The van der Waals surface area contributed by atoms with Gasteiger partial charge in [0.15, 0.2) is 11.2 Å². The molecule has 1 saturated heterocycles. The predicted octanol–water partition coefficient (Wildman–Crippen LogP) is 2.74. The number of carbonyl (C=O) groups excluding carboxylic acids is 1. The molecular formula is C24H24ClN7O4S. The molecule has 0 atom stereocenters. The van der Waals surface area contributed by atoms with Crippen molar-refractivity contribution in [3.05, 3.63) is 75.3 Å². The van der Waals surface area contributed by atoms with E-state index in [2.05, 4.69) is 25.6 Å². The molecular weight excluding hydrogens is 518 g/mol. The number of amides is 1. The van der Waals surface area contributed by atoms with Crippen molar-refractivity contribution in [1.29, 1.82) is 0 Å². The first-order chi connectivity index (χ1) is 17.7. The van der Waals surface area contributed by atoms with Crippen LogP contribution in [0, 0.1) is 0 Å². The van der Waals surface area contributed by atoms with Gasteiger partial charge in [-0.1, -0.05) is 28.9 Å². The van der Waals surface area contributed by atoms with E-state index in [1.54, 1.807) is 22.9 Å². The summed E-state index contributed by atoms with van der Waals surface area (Å²) in [4.78, 5) is 31.5. The highest BCUT2D eigenvalue weighted by Crippen LogP contribution is 2.29. The topological polar surface area (TPSA) is 143 Å². The second-order valence-corrected chi connectivity index (χ2v) is 11.3. The molecule has 4 aromatic rings. The molecule has 1 aliphatic heterocycles. The summed E-state index contributed by atoms with van der Waals surface area (Å²) in [5.41, 5.74) is 1.56.